The molecule has 0 bridgehead atoms. The van der Waals surface area contributed by atoms with Gasteiger partial charge in [-0.1, -0.05) is 30.3 Å². The molecular weight excluding hydrogens is 408 g/mol. The number of aryl methyl sites for hydroxylation is 1. The fourth-order valence-corrected chi connectivity index (χ4v) is 5.08. The fourth-order valence-electron chi connectivity index (χ4n) is 5.08. The van der Waals surface area contributed by atoms with Crippen molar-refractivity contribution in [1.29, 1.82) is 0 Å². The highest BCUT2D eigenvalue weighted by atomic mass is 15.2. The highest BCUT2D eigenvalue weighted by Crippen LogP contribution is 2.28. The first-order valence-corrected chi connectivity index (χ1v) is 12.1. The summed E-state index contributed by atoms with van der Waals surface area (Å²) in [6, 6.07) is 15.2. The minimum Gasteiger partial charge on any atom is -0.362 e. The number of rotatable bonds is 7. The maximum Gasteiger partial charge on any atom is 0.225 e. The van der Waals surface area contributed by atoms with Crippen LogP contribution in [0, 0.1) is 12.8 Å². The van der Waals surface area contributed by atoms with Crippen LogP contribution in [0.4, 0.5) is 11.8 Å². The van der Waals surface area contributed by atoms with Gasteiger partial charge in [-0.15, -0.1) is 0 Å². The second-order valence-corrected chi connectivity index (χ2v) is 9.59. The number of H-pyrrole nitrogens is 1. The Balaban J connectivity index is 1.14. The number of hydrogen-bond donors (Lipinski definition) is 3. The molecule has 0 amide bonds. The Kier molecular flexibility index (Phi) is 6.18. The Labute approximate surface area is 195 Å². The maximum absolute atomic E-state index is 4.81. The molecule has 6 heteroatoms. The van der Waals surface area contributed by atoms with Crippen molar-refractivity contribution in [3.63, 3.8) is 0 Å². The van der Waals surface area contributed by atoms with Crippen LogP contribution in [-0.2, 0) is 6.54 Å². The fraction of sp³-hybridized carbons (Fsp3) is 0.407. The van der Waals surface area contributed by atoms with E-state index >= 15 is 0 Å². The van der Waals surface area contributed by atoms with Crippen LogP contribution in [-0.4, -0.2) is 41.6 Å². The normalized spacial score (nSPS) is 18.6. The first-order chi connectivity index (χ1) is 16.1. The van der Waals surface area contributed by atoms with Gasteiger partial charge in [0.05, 0.1) is 5.52 Å². The van der Waals surface area contributed by atoms with Crippen LogP contribution in [0.1, 0.15) is 36.8 Å². The van der Waals surface area contributed by atoms with Gasteiger partial charge in [0, 0.05) is 49.2 Å². The molecule has 0 unspecified atom stereocenters. The summed E-state index contributed by atoms with van der Waals surface area (Å²) in [5.41, 5.74) is 4.91. The van der Waals surface area contributed by atoms with Crippen molar-refractivity contribution in [2.24, 2.45) is 5.92 Å². The summed E-state index contributed by atoms with van der Waals surface area (Å²) in [6.45, 7) is 4.15. The van der Waals surface area contributed by atoms with Gasteiger partial charge in [0.25, 0.3) is 0 Å². The highest BCUT2D eigenvalue weighted by Gasteiger charge is 2.22. The van der Waals surface area contributed by atoms with Gasteiger partial charge in [0.2, 0.25) is 5.95 Å². The minimum absolute atomic E-state index is 0.439. The third-order valence-electron chi connectivity index (χ3n) is 6.94. The Morgan fingerprint density at radius 1 is 0.970 bits per heavy atom. The molecule has 2 aromatic carbocycles. The zero-order valence-corrected chi connectivity index (χ0v) is 19.9. The molecule has 0 spiro atoms. The van der Waals surface area contributed by atoms with Gasteiger partial charge in [-0.25, -0.2) is 4.98 Å². The Bertz CT molecular complexity index is 1240. The molecule has 1 fully saturated rings. The van der Waals surface area contributed by atoms with E-state index in [0.29, 0.717) is 6.04 Å². The van der Waals surface area contributed by atoms with Crippen LogP contribution in [0.25, 0.3) is 21.8 Å². The van der Waals surface area contributed by atoms with E-state index in [2.05, 4.69) is 64.0 Å². The van der Waals surface area contributed by atoms with Crippen LogP contribution in [0.3, 0.4) is 0 Å². The van der Waals surface area contributed by atoms with E-state index in [1.54, 1.807) is 0 Å². The molecule has 0 radical (unpaired) electrons. The first-order valence-electron chi connectivity index (χ1n) is 12.1. The molecule has 5 rings (SSSR count). The summed E-state index contributed by atoms with van der Waals surface area (Å²) in [5, 5.41) is 9.75. The third kappa shape index (κ3) is 4.67. The summed E-state index contributed by atoms with van der Waals surface area (Å²) < 4.78 is 0. The van der Waals surface area contributed by atoms with Crippen molar-refractivity contribution in [3.8, 4) is 0 Å². The molecular formula is C27H34N6. The average molecular weight is 443 g/mol. The highest BCUT2D eigenvalue weighted by molar-refractivity contribution is 5.90. The maximum atomic E-state index is 4.81. The molecule has 1 saturated carbocycles. The van der Waals surface area contributed by atoms with Crippen molar-refractivity contribution in [2.45, 2.75) is 45.2 Å². The molecule has 33 heavy (non-hydrogen) atoms. The second-order valence-electron chi connectivity index (χ2n) is 9.59. The van der Waals surface area contributed by atoms with E-state index in [0.717, 1.165) is 54.5 Å². The molecule has 1 aliphatic rings. The zero-order valence-electron chi connectivity index (χ0n) is 19.9. The lowest BCUT2D eigenvalue weighted by molar-refractivity contribution is 0.324. The standard InChI is InChI=1S/C27H34N6/c1-18-7-6-9-22-20(17-29-25(18)22)16-28-15-19-11-13-21(14-12-19)30-27-31-24-10-5-4-8-23(24)26(32-27)33(2)3/h4-10,17,19,21,28-29H,11-16H2,1-3H3,(H,30,31,32). The number of para-hydroxylation sites is 2. The molecule has 172 valence electrons. The number of hydrogen-bond acceptors (Lipinski definition) is 5. The number of aromatic nitrogens is 3. The van der Waals surface area contributed by atoms with Gasteiger partial charge < -0.3 is 20.5 Å². The molecule has 0 atom stereocenters. The number of anilines is 2. The first kappa shape index (κ1) is 21.7. The Morgan fingerprint density at radius 2 is 1.76 bits per heavy atom. The van der Waals surface area contributed by atoms with Gasteiger partial charge in [0.1, 0.15) is 5.82 Å². The molecule has 0 saturated heterocycles. The van der Waals surface area contributed by atoms with Gasteiger partial charge in [-0.2, -0.15) is 4.98 Å². The summed E-state index contributed by atoms with van der Waals surface area (Å²) in [7, 11) is 4.07. The molecule has 2 heterocycles. The number of nitrogens with one attached hydrogen (secondary N) is 3. The molecule has 1 aliphatic carbocycles. The van der Waals surface area contributed by atoms with Crippen molar-refractivity contribution < 1.29 is 0 Å². The third-order valence-corrected chi connectivity index (χ3v) is 6.94. The van der Waals surface area contributed by atoms with Crippen LogP contribution in [0.5, 0.6) is 0 Å². The molecule has 4 aromatic rings. The molecule has 0 aliphatic heterocycles. The van der Waals surface area contributed by atoms with Crippen molar-refractivity contribution >= 4 is 33.6 Å². The van der Waals surface area contributed by atoms with E-state index in [1.165, 1.54) is 34.9 Å². The number of nitrogens with zero attached hydrogens (tertiary/aromatic N) is 3. The van der Waals surface area contributed by atoms with Crippen LogP contribution in [0.2, 0.25) is 0 Å². The van der Waals surface area contributed by atoms with E-state index in [9.17, 15) is 0 Å². The van der Waals surface area contributed by atoms with E-state index in [1.807, 2.05) is 26.2 Å². The van der Waals surface area contributed by atoms with Gasteiger partial charge in [-0.05, 0) is 68.3 Å². The van der Waals surface area contributed by atoms with Gasteiger partial charge in [0.15, 0.2) is 0 Å². The average Bonchev–Trinajstić information content (AvgIpc) is 3.24. The smallest absolute Gasteiger partial charge is 0.225 e. The van der Waals surface area contributed by atoms with Crippen molar-refractivity contribution in [3.05, 3.63) is 59.8 Å². The number of benzene rings is 2. The zero-order chi connectivity index (χ0) is 22.8. The Hall–Kier alpha value is -3.12. The lowest BCUT2D eigenvalue weighted by atomic mass is 9.86. The monoisotopic (exact) mass is 442 g/mol. The van der Waals surface area contributed by atoms with Crippen LogP contribution < -0.4 is 15.5 Å². The lowest BCUT2D eigenvalue weighted by Gasteiger charge is -2.29. The van der Waals surface area contributed by atoms with Crippen molar-refractivity contribution in [1.82, 2.24) is 20.3 Å². The lowest BCUT2D eigenvalue weighted by Crippen LogP contribution is -2.31. The summed E-state index contributed by atoms with van der Waals surface area (Å²) in [6.07, 6.45) is 6.92. The molecule has 3 N–H and O–H groups in total. The number of fused-ring (bicyclic) bond motifs is 2. The van der Waals surface area contributed by atoms with E-state index in [4.69, 9.17) is 9.97 Å². The van der Waals surface area contributed by atoms with Gasteiger partial charge >= 0.3 is 0 Å². The van der Waals surface area contributed by atoms with E-state index < -0.39 is 0 Å². The summed E-state index contributed by atoms with van der Waals surface area (Å²) in [4.78, 5) is 15.1. The number of aromatic amines is 1. The second kappa shape index (κ2) is 9.40. The van der Waals surface area contributed by atoms with Gasteiger partial charge in [-0.3, -0.25) is 0 Å². The van der Waals surface area contributed by atoms with Crippen LogP contribution >= 0.6 is 0 Å². The molecule has 2 aromatic heterocycles. The topological polar surface area (TPSA) is 68.9 Å². The predicted molar refractivity (Wildman–Crippen MR) is 138 cm³/mol. The summed E-state index contributed by atoms with van der Waals surface area (Å²) >= 11 is 0. The predicted octanol–water partition coefficient (Wildman–Crippen LogP) is 5.25. The quantitative estimate of drug-likeness (QED) is 0.365. The van der Waals surface area contributed by atoms with E-state index in [-0.39, 0.29) is 0 Å². The SMILES string of the molecule is Cc1cccc2c(CNCC3CCC(Nc4nc(N(C)C)c5ccccc5n4)CC3)c[nH]c12. The summed E-state index contributed by atoms with van der Waals surface area (Å²) in [5.74, 6) is 2.44. The largest absolute Gasteiger partial charge is 0.362 e. The molecule has 6 nitrogen and oxygen atoms in total. The minimum atomic E-state index is 0.439. The van der Waals surface area contributed by atoms with Crippen molar-refractivity contribution in [2.75, 3.05) is 30.9 Å². The van der Waals surface area contributed by atoms with Crippen LogP contribution in [0.15, 0.2) is 48.7 Å². The Morgan fingerprint density at radius 3 is 2.58 bits per heavy atom.